The van der Waals surface area contributed by atoms with Crippen molar-refractivity contribution in [3.63, 3.8) is 0 Å². The molecule has 0 radical (unpaired) electrons. The molecule has 0 amide bonds. The molecule has 1 rings (SSSR count). The van der Waals surface area contributed by atoms with Gasteiger partial charge in [-0.3, -0.25) is 0 Å². The number of hydrogen-bond donors (Lipinski definition) is 2. The van der Waals surface area contributed by atoms with E-state index >= 15 is 0 Å². The first-order valence-electron chi connectivity index (χ1n) is 4.84. The standard InChI is InChI=1S/C9H17N5O/c1-3-14(4-5-15-2)9-6-8(13-10)11-7-12-9/h6-7H,3-5,10H2,1-2H3,(H,11,12,13). The smallest absolute Gasteiger partial charge is 0.145 e. The van der Waals surface area contributed by atoms with Gasteiger partial charge in [-0.25, -0.2) is 15.8 Å². The van der Waals surface area contributed by atoms with E-state index in [0.717, 1.165) is 18.9 Å². The molecule has 84 valence electrons. The quantitative estimate of drug-likeness (QED) is 0.518. The number of nitrogens with one attached hydrogen (secondary N) is 1. The van der Waals surface area contributed by atoms with E-state index in [1.807, 2.05) is 0 Å². The molecule has 0 aliphatic heterocycles. The van der Waals surface area contributed by atoms with Gasteiger partial charge >= 0.3 is 0 Å². The number of likely N-dealkylation sites (N-methyl/N-ethyl adjacent to an activating group) is 1. The van der Waals surface area contributed by atoms with Crippen molar-refractivity contribution in [1.29, 1.82) is 0 Å². The monoisotopic (exact) mass is 211 g/mol. The van der Waals surface area contributed by atoms with Crippen LogP contribution in [0.4, 0.5) is 11.6 Å². The van der Waals surface area contributed by atoms with Gasteiger partial charge in [0.2, 0.25) is 0 Å². The Morgan fingerprint density at radius 2 is 2.33 bits per heavy atom. The Balaban J connectivity index is 2.72. The lowest BCUT2D eigenvalue weighted by molar-refractivity contribution is 0.205. The molecule has 15 heavy (non-hydrogen) atoms. The second-order valence-corrected chi connectivity index (χ2v) is 2.98. The van der Waals surface area contributed by atoms with Gasteiger partial charge in [0.05, 0.1) is 6.61 Å². The van der Waals surface area contributed by atoms with Gasteiger partial charge in [0.1, 0.15) is 18.0 Å². The van der Waals surface area contributed by atoms with Crippen molar-refractivity contribution < 1.29 is 4.74 Å². The number of hydrogen-bond acceptors (Lipinski definition) is 6. The number of aromatic nitrogens is 2. The van der Waals surface area contributed by atoms with Crippen molar-refractivity contribution in [2.45, 2.75) is 6.92 Å². The number of ether oxygens (including phenoxy) is 1. The number of nitrogen functional groups attached to an aromatic ring is 1. The van der Waals surface area contributed by atoms with Gasteiger partial charge in [0.25, 0.3) is 0 Å². The fraction of sp³-hybridized carbons (Fsp3) is 0.556. The average Bonchev–Trinajstić information content (AvgIpc) is 2.30. The molecule has 0 aliphatic carbocycles. The van der Waals surface area contributed by atoms with Crippen molar-refractivity contribution >= 4 is 11.6 Å². The van der Waals surface area contributed by atoms with Crippen LogP contribution >= 0.6 is 0 Å². The van der Waals surface area contributed by atoms with Crippen LogP contribution in [0.2, 0.25) is 0 Å². The molecule has 0 fully saturated rings. The highest BCUT2D eigenvalue weighted by atomic mass is 16.5. The van der Waals surface area contributed by atoms with Crippen molar-refractivity contribution in [3.8, 4) is 0 Å². The molecule has 3 N–H and O–H groups in total. The van der Waals surface area contributed by atoms with Crippen LogP contribution in [0.15, 0.2) is 12.4 Å². The Labute approximate surface area is 89.4 Å². The second kappa shape index (κ2) is 6.15. The zero-order chi connectivity index (χ0) is 11.1. The molecular formula is C9H17N5O. The van der Waals surface area contributed by atoms with Crippen molar-refractivity contribution in [2.75, 3.05) is 37.1 Å². The summed E-state index contributed by atoms with van der Waals surface area (Å²) in [5, 5.41) is 0. The van der Waals surface area contributed by atoms with Crippen LogP contribution in [0, 0.1) is 0 Å². The summed E-state index contributed by atoms with van der Waals surface area (Å²) in [6, 6.07) is 1.80. The predicted octanol–water partition coefficient (Wildman–Crippen LogP) is 0.235. The van der Waals surface area contributed by atoms with Gasteiger partial charge in [-0.15, -0.1) is 0 Å². The first-order valence-corrected chi connectivity index (χ1v) is 4.84. The normalized spacial score (nSPS) is 10.1. The molecule has 6 heteroatoms. The van der Waals surface area contributed by atoms with Crippen LogP contribution in [0.25, 0.3) is 0 Å². The summed E-state index contributed by atoms with van der Waals surface area (Å²) >= 11 is 0. The first-order chi connectivity index (χ1) is 7.31. The number of methoxy groups -OCH3 is 1. The van der Waals surface area contributed by atoms with E-state index in [2.05, 4.69) is 27.2 Å². The summed E-state index contributed by atoms with van der Waals surface area (Å²) in [6.45, 7) is 4.40. The molecule has 6 nitrogen and oxygen atoms in total. The molecule has 1 heterocycles. The third-order valence-electron chi connectivity index (χ3n) is 2.07. The lowest BCUT2D eigenvalue weighted by Gasteiger charge is -2.21. The van der Waals surface area contributed by atoms with Crippen LogP contribution in [-0.4, -0.2) is 36.8 Å². The van der Waals surface area contributed by atoms with Crippen molar-refractivity contribution in [2.24, 2.45) is 5.84 Å². The molecule has 1 aromatic heterocycles. The lowest BCUT2D eigenvalue weighted by atomic mass is 10.4. The molecule has 0 unspecified atom stereocenters. The van der Waals surface area contributed by atoms with Gasteiger partial charge in [-0.2, -0.15) is 0 Å². The summed E-state index contributed by atoms with van der Waals surface area (Å²) in [6.07, 6.45) is 1.49. The SMILES string of the molecule is CCN(CCOC)c1cc(NN)ncn1. The maximum atomic E-state index is 5.28. The van der Waals surface area contributed by atoms with Crippen LogP contribution in [-0.2, 0) is 4.74 Å². The highest BCUT2D eigenvalue weighted by Crippen LogP contribution is 2.12. The van der Waals surface area contributed by atoms with Gasteiger partial charge in [-0.1, -0.05) is 0 Å². The van der Waals surface area contributed by atoms with Crippen LogP contribution in [0.1, 0.15) is 6.92 Å². The van der Waals surface area contributed by atoms with Gasteiger partial charge in [0, 0.05) is 26.3 Å². The van der Waals surface area contributed by atoms with E-state index in [-0.39, 0.29) is 0 Å². The molecule has 0 aliphatic rings. The Morgan fingerprint density at radius 3 is 2.93 bits per heavy atom. The zero-order valence-electron chi connectivity index (χ0n) is 9.10. The average molecular weight is 211 g/mol. The van der Waals surface area contributed by atoms with E-state index < -0.39 is 0 Å². The summed E-state index contributed by atoms with van der Waals surface area (Å²) in [5.41, 5.74) is 2.49. The van der Waals surface area contributed by atoms with Gasteiger partial charge < -0.3 is 15.1 Å². The third kappa shape index (κ3) is 3.34. The lowest BCUT2D eigenvalue weighted by Crippen LogP contribution is -2.28. The third-order valence-corrected chi connectivity index (χ3v) is 2.07. The predicted molar refractivity (Wildman–Crippen MR) is 59.6 cm³/mol. The molecule has 0 spiro atoms. The van der Waals surface area contributed by atoms with Crippen LogP contribution in [0.3, 0.4) is 0 Å². The largest absolute Gasteiger partial charge is 0.383 e. The van der Waals surface area contributed by atoms with E-state index in [1.165, 1.54) is 6.33 Å². The molecule has 0 saturated carbocycles. The van der Waals surface area contributed by atoms with E-state index in [0.29, 0.717) is 12.4 Å². The van der Waals surface area contributed by atoms with Crippen molar-refractivity contribution in [1.82, 2.24) is 9.97 Å². The molecule has 0 atom stereocenters. The van der Waals surface area contributed by atoms with E-state index in [4.69, 9.17) is 10.6 Å². The summed E-state index contributed by atoms with van der Waals surface area (Å²) in [5.74, 6) is 6.73. The molecule has 0 saturated heterocycles. The maximum absolute atomic E-state index is 5.28. The Kier molecular flexibility index (Phi) is 4.79. The fourth-order valence-electron chi connectivity index (χ4n) is 1.24. The number of rotatable bonds is 6. The van der Waals surface area contributed by atoms with Crippen molar-refractivity contribution in [3.05, 3.63) is 12.4 Å². The van der Waals surface area contributed by atoms with Gasteiger partial charge in [-0.05, 0) is 6.92 Å². The number of hydrazine groups is 1. The van der Waals surface area contributed by atoms with E-state index in [9.17, 15) is 0 Å². The minimum absolute atomic E-state index is 0.607. The van der Waals surface area contributed by atoms with Crippen LogP contribution < -0.4 is 16.2 Å². The number of nitrogens with two attached hydrogens (primary N) is 1. The first kappa shape index (κ1) is 11.7. The minimum Gasteiger partial charge on any atom is -0.383 e. The maximum Gasteiger partial charge on any atom is 0.145 e. The number of anilines is 2. The second-order valence-electron chi connectivity index (χ2n) is 2.98. The Bertz CT molecular complexity index is 294. The fourth-order valence-corrected chi connectivity index (χ4v) is 1.24. The summed E-state index contributed by atoms with van der Waals surface area (Å²) in [4.78, 5) is 10.2. The molecular weight excluding hydrogens is 194 g/mol. The Morgan fingerprint density at radius 1 is 1.53 bits per heavy atom. The summed E-state index contributed by atoms with van der Waals surface area (Å²) < 4.78 is 5.03. The van der Waals surface area contributed by atoms with Gasteiger partial charge in [0.15, 0.2) is 0 Å². The molecule has 0 bridgehead atoms. The molecule has 0 aromatic carbocycles. The van der Waals surface area contributed by atoms with Crippen LogP contribution in [0.5, 0.6) is 0 Å². The highest BCUT2D eigenvalue weighted by Gasteiger charge is 2.06. The number of nitrogens with zero attached hydrogens (tertiary/aromatic N) is 3. The highest BCUT2D eigenvalue weighted by molar-refractivity contribution is 5.47. The summed E-state index contributed by atoms with van der Waals surface area (Å²) in [7, 11) is 1.68. The van der Waals surface area contributed by atoms with E-state index in [1.54, 1.807) is 13.2 Å². The zero-order valence-corrected chi connectivity index (χ0v) is 9.10. The topological polar surface area (TPSA) is 76.3 Å². The Hall–Kier alpha value is -1.40. The molecule has 1 aromatic rings. The minimum atomic E-state index is 0.607.